The van der Waals surface area contributed by atoms with Crippen LogP contribution in [0.5, 0.6) is 0 Å². The minimum Gasteiger partial charge on any atom is -0.480 e. The van der Waals surface area contributed by atoms with Crippen LogP contribution in [0.15, 0.2) is 0 Å². The van der Waals surface area contributed by atoms with Crippen LogP contribution in [0.3, 0.4) is 0 Å². The molecule has 0 aromatic carbocycles. The van der Waals surface area contributed by atoms with Crippen LogP contribution in [0.2, 0.25) is 0 Å². The van der Waals surface area contributed by atoms with Crippen LogP contribution in [0, 0.1) is 0 Å². The van der Waals surface area contributed by atoms with Gasteiger partial charge in [-0.25, -0.2) is 0 Å². The number of carboxylic acid groups (broad SMARTS) is 1. The molecule has 106 valence electrons. The van der Waals surface area contributed by atoms with Crippen LogP contribution in [0.25, 0.3) is 0 Å². The normalized spacial score (nSPS) is 22.9. The molecule has 1 heterocycles. The summed E-state index contributed by atoms with van der Waals surface area (Å²) in [7, 11) is 0. The first kappa shape index (κ1) is 15.4. The summed E-state index contributed by atoms with van der Waals surface area (Å²) >= 11 is 0. The Morgan fingerprint density at radius 1 is 1.61 bits per heavy atom. The molecule has 0 saturated carbocycles. The van der Waals surface area contributed by atoms with Crippen LogP contribution in [-0.2, 0) is 14.3 Å². The van der Waals surface area contributed by atoms with Gasteiger partial charge in [-0.3, -0.25) is 9.69 Å². The van der Waals surface area contributed by atoms with Gasteiger partial charge in [0.2, 0.25) is 0 Å². The van der Waals surface area contributed by atoms with Crippen molar-refractivity contribution in [2.45, 2.75) is 31.9 Å². The Balaban J connectivity index is 2.27. The van der Waals surface area contributed by atoms with Gasteiger partial charge in [0.1, 0.15) is 6.04 Å². The molecule has 2 N–H and O–H groups in total. The highest BCUT2D eigenvalue weighted by Crippen LogP contribution is 2.08. The number of carboxylic acids is 1. The third-order valence-corrected chi connectivity index (χ3v) is 2.92. The van der Waals surface area contributed by atoms with E-state index in [0.717, 1.165) is 12.8 Å². The topological polar surface area (TPSA) is 79.2 Å². The Labute approximate surface area is 107 Å². The third-order valence-electron chi connectivity index (χ3n) is 2.92. The van der Waals surface area contributed by atoms with Gasteiger partial charge in [0, 0.05) is 19.7 Å². The second-order valence-electron chi connectivity index (χ2n) is 4.51. The average Bonchev–Trinajstić information content (AvgIpc) is 2.35. The molecule has 1 saturated heterocycles. The quantitative estimate of drug-likeness (QED) is 0.596. The minimum absolute atomic E-state index is 0.179. The Kier molecular flexibility index (Phi) is 7.19. The van der Waals surface area contributed by atoms with Crippen LogP contribution in [0.1, 0.15) is 19.8 Å². The van der Waals surface area contributed by atoms with Crippen molar-refractivity contribution in [2.24, 2.45) is 0 Å². The molecule has 0 spiro atoms. The van der Waals surface area contributed by atoms with Crippen LogP contribution in [0.4, 0.5) is 0 Å². The summed E-state index contributed by atoms with van der Waals surface area (Å²) < 4.78 is 10.5. The smallest absolute Gasteiger partial charge is 0.323 e. The van der Waals surface area contributed by atoms with Crippen molar-refractivity contribution >= 4 is 5.97 Å². The fourth-order valence-corrected chi connectivity index (χ4v) is 1.87. The minimum atomic E-state index is -0.909. The van der Waals surface area contributed by atoms with Crippen molar-refractivity contribution in [3.63, 3.8) is 0 Å². The highest BCUT2D eigenvalue weighted by Gasteiger charge is 2.30. The van der Waals surface area contributed by atoms with Crippen LogP contribution >= 0.6 is 0 Å². The van der Waals surface area contributed by atoms with Gasteiger partial charge in [0.25, 0.3) is 0 Å². The van der Waals surface area contributed by atoms with Crippen LogP contribution in [-0.4, -0.2) is 72.7 Å². The van der Waals surface area contributed by atoms with Gasteiger partial charge in [-0.15, -0.1) is 0 Å². The Hall–Kier alpha value is -0.690. The molecule has 1 aliphatic rings. The molecule has 0 amide bonds. The van der Waals surface area contributed by atoms with E-state index in [1.54, 1.807) is 4.90 Å². The van der Waals surface area contributed by atoms with E-state index in [1.165, 1.54) is 0 Å². The van der Waals surface area contributed by atoms with E-state index in [2.05, 4.69) is 6.92 Å². The Morgan fingerprint density at radius 3 is 3.06 bits per heavy atom. The highest BCUT2D eigenvalue weighted by atomic mass is 16.5. The lowest BCUT2D eigenvalue weighted by Gasteiger charge is -2.33. The molecule has 2 unspecified atom stereocenters. The lowest BCUT2D eigenvalue weighted by molar-refractivity contribution is -0.151. The van der Waals surface area contributed by atoms with Gasteiger partial charge in [0.05, 0.1) is 25.9 Å². The predicted molar refractivity (Wildman–Crippen MR) is 65.5 cm³/mol. The molecule has 6 nitrogen and oxygen atoms in total. The Bertz CT molecular complexity index is 249. The Morgan fingerprint density at radius 2 is 2.39 bits per heavy atom. The molecule has 0 aromatic heterocycles. The molecule has 0 aromatic rings. The second kappa shape index (κ2) is 8.42. The maximum Gasteiger partial charge on any atom is 0.323 e. The summed E-state index contributed by atoms with van der Waals surface area (Å²) in [6, 6.07) is -0.663. The van der Waals surface area contributed by atoms with E-state index < -0.39 is 18.1 Å². The SMILES string of the molecule is CCCCOCC(O)CN1CCOCC1C(=O)O. The standard InChI is InChI=1S/C12H23NO5/c1-2-3-5-17-8-10(14)7-13-4-6-18-9-11(13)12(15)16/h10-11,14H,2-9H2,1H3,(H,15,16). The molecule has 18 heavy (non-hydrogen) atoms. The van der Waals surface area contributed by atoms with E-state index in [4.69, 9.17) is 14.6 Å². The molecular formula is C12H23NO5. The zero-order valence-corrected chi connectivity index (χ0v) is 10.9. The van der Waals surface area contributed by atoms with Gasteiger partial charge in [-0.05, 0) is 6.42 Å². The van der Waals surface area contributed by atoms with Gasteiger partial charge in [-0.1, -0.05) is 13.3 Å². The van der Waals surface area contributed by atoms with E-state index in [1.807, 2.05) is 0 Å². The number of aliphatic carboxylic acids is 1. The number of rotatable bonds is 8. The van der Waals surface area contributed by atoms with Crippen molar-refractivity contribution in [1.82, 2.24) is 4.90 Å². The second-order valence-corrected chi connectivity index (χ2v) is 4.51. The van der Waals surface area contributed by atoms with Gasteiger partial charge < -0.3 is 19.7 Å². The molecule has 0 bridgehead atoms. The van der Waals surface area contributed by atoms with Gasteiger partial charge in [-0.2, -0.15) is 0 Å². The molecule has 1 aliphatic heterocycles. The van der Waals surface area contributed by atoms with Crippen LogP contribution < -0.4 is 0 Å². The average molecular weight is 261 g/mol. The number of aliphatic hydroxyl groups excluding tert-OH is 1. The molecule has 2 atom stereocenters. The molecule has 1 fully saturated rings. The lowest BCUT2D eigenvalue weighted by atomic mass is 10.2. The van der Waals surface area contributed by atoms with Crippen molar-refractivity contribution in [3.8, 4) is 0 Å². The first-order valence-electron chi connectivity index (χ1n) is 6.45. The number of carbonyl (C=O) groups is 1. The summed E-state index contributed by atoms with van der Waals surface area (Å²) in [5.41, 5.74) is 0. The number of aliphatic hydroxyl groups is 1. The number of β-amino-alcohol motifs (C(OH)–C–C–N with tert-alkyl or cyclic N) is 1. The number of hydrogen-bond acceptors (Lipinski definition) is 5. The van der Waals surface area contributed by atoms with E-state index >= 15 is 0 Å². The number of unbranched alkanes of at least 4 members (excludes halogenated alkanes) is 1. The molecule has 1 rings (SSSR count). The fraction of sp³-hybridized carbons (Fsp3) is 0.917. The summed E-state index contributed by atoms with van der Waals surface area (Å²) in [4.78, 5) is 12.7. The maximum atomic E-state index is 11.0. The van der Waals surface area contributed by atoms with Gasteiger partial charge in [0.15, 0.2) is 0 Å². The number of nitrogens with zero attached hydrogens (tertiary/aromatic N) is 1. The van der Waals surface area contributed by atoms with Gasteiger partial charge >= 0.3 is 5.97 Å². The summed E-state index contributed by atoms with van der Waals surface area (Å²) in [6.45, 7) is 4.50. The maximum absolute atomic E-state index is 11.0. The van der Waals surface area contributed by atoms with E-state index in [-0.39, 0.29) is 13.2 Å². The fourth-order valence-electron chi connectivity index (χ4n) is 1.87. The summed E-state index contributed by atoms with van der Waals surface area (Å²) in [5.74, 6) is -0.909. The molecule has 6 heteroatoms. The molecular weight excluding hydrogens is 238 g/mol. The number of hydrogen-bond donors (Lipinski definition) is 2. The number of ether oxygens (including phenoxy) is 2. The summed E-state index contributed by atoms with van der Waals surface area (Å²) in [6.07, 6.45) is 1.38. The zero-order chi connectivity index (χ0) is 13.4. The third kappa shape index (κ3) is 5.30. The highest BCUT2D eigenvalue weighted by molar-refractivity contribution is 5.73. The lowest BCUT2D eigenvalue weighted by Crippen LogP contribution is -2.52. The predicted octanol–water partition coefficient (Wildman–Crippen LogP) is -0.0506. The van der Waals surface area contributed by atoms with E-state index in [9.17, 15) is 9.90 Å². The first-order chi connectivity index (χ1) is 8.65. The van der Waals surface area contributed by atoms with E-state index in [0.29, 0.717) is 26.3 Å². The van der Waals surface area contributed by atoms with Crippen molar-refractivity contribution in [1.29, 1.82) is 0 Å². The monoisotopic (exact) mass is 261 g/mol. The molecule has 0 radical (unpaired) electrons. The van der Waals surface area contributed by atoms with Crippen molar-refractivity contribution < 1.29 is 24.5 Å². The largest absolute Gasteiger partial charge is 0.480 e. The summed E-state index contributed by atoms with van der Waals surface area (Å²) in [5, 5.41) is 18.8. The molecule has 0 aliphatic carbocycles. The van der Waals surface area contributed by atoms with Crippen molar-refractivity contribution in [3.05, 3.63) is 0 Å². The zero-order valence-electron chi connectivity index (χ0n) is 10.9. The number of morpholine rings is 1. The first-order valence-corrected chi connectivity index (χ1v) is 6.45. The van der Waals surface area contributed by atoms with Crippen molar-refractivity contribution in [2.75, 3.05) is 39.5 Å².